The summed E-state index contributed by atoms with van der Waals surface area (Å²) < 4.78 is 2.22. The largest absolute Gasteiger partial charge is 0.394 e. The van der Waals surface area contributed by atoms with Crippen LogP contribution in [0.5, 0.6) is 0 Å². The Balaban J connectivity index is 1.85. The van der Waals surface area contributed by atoms with Gasteiger partial charge in [-0.15, -0.1) is 0 Å². The van der Waals surface area contributed by atoms with Crippen molar-refractivity contribution in [1.82, 2.24) is 19.9 Å². The van der Waals surface area contributed by atoms with Gasteiger partial charge in [0.25, 0.3) is 5.91 Å². The van der Waals surface area contributed by atoms with Gasteiger partial charge in [-0.3, -0.25) is 4.79 Å². The van der Waals surface area contributed by atoms with E-state index in [1.807, 2.05) is 6.07 Å². The Bertz CT molecular complexity index is 1220. The second kappa shape index (κ2) is 7.04. The molecule has 0 aliphatic rings. The molecule has 0 radical (unpaired) electrons. The molecule has 0 aliphatic carbocycles. The summed E-state index contributed by atoms with van der Waals surface area (Å²) in [5.74, 6) is -0.228. The van der Waals surface area contributed by atoms with Crippen LogP contribution in [0.2, 0.25) is 0 Å². The Morgan fingerprint density at radius 1 is 1.24 bits per heavy atom. The smallest absolute Gasteiger partial charge is 0.252 e. The van der Waals surface area contributed by atoms with Crippen molar-refractivity contribution in [3.05, 3.63) is 53.9 Å². The molecule has 6 heteroatoms. The first-order chi connectivity index (χ1) is 13.8. The molecule has 0 unspecified atom stereocenters. The molecule has 3 aromatic heterocycles. The number of rotatable bonds is 5. The van der Waals surface area contributed by atoms with Gasteiger partial charge in [0, 0.05) is 46.5 Å². The number of carbonyl (C=O) groups excluding carboxylic acids is 1. The third-order valence-electron chi connectivity index (χ3n) is 5.29. The maximum Gasteiger partial charge on any atom is 0.252 e. The van der Waals surface area contributed by atoms with Gasteiger partial charge in [-0.25, -0.2) is 4.98 Å². The van der Waals surface area contributed by atoms with Gasteiger partial charge in [0.15, 0.2) is 0 Å². The van der Waals surface area contributed by atoms with Crippen LogP contribution in [0.1, 0.15) is 36.7 Å². The number of aliphatic hydroxyl groups excluding tert-OH is 1. The lowest BCUT2D eigenvalue weighted by Gasteiger charge is -2.23. The number of hydrogen-bond acceptors (Lipinski definition) is 3. The molecule has 0 saturated heterocycles. The van der Waals surface area contributed by atoms with Gasteiger partial charge in [-0.2, -0.15) is 0 Å². The number of hydrogen-bond donors (Lipinski definition) is 3. The molecule has 6 nitrogen and oxygen atoms in total. The van der Waals surface area contributed by atoms with Crippen LogP contribution in [0, 0.1) is 6.92 Å². The number of pyridine rings is 1. The number of aromatic amines is 1. The summed E-state index contributed by atoms with van der Waals surface area (Å²) in [6.45, 7) is 8.52. The zero-order valence-corrected chi connectivity index (χ0v) is 17.2. The third-order valence-corrected chi connectivity index (χ3v) is 5.29. The van der Waals surface area contributed by atoms with Gasteiger partial charge in [-0.05, 0) is 52.0 Å². The van der Waals surface area contributed by atoms with Gasteiger partial charge in [0.05, 0.1) is 17.7 Å². The van der Waals surface area contributed by atoms with Crippen molar-refractivity contribution in [2.24, 2.45) is 0 Å². The number of amides is 1. The zero-order chi connectivity index (χ0) is 20.8. The average Bonchev–Trinajstić information content (AvgIpc) is 3.27. The van der Waals surface area contributed by atoms with Crippen molar-refractivity contribution in [3.8, 4) is 11.3 Å². The van der Waals surface area contributed by atoms with Gasteiger partial charge in [0.2, 0.25) is 0 Å². The molecule has 150 valence electrons. The van der Waals surface area contributed by atoms with Crippen molar-refractivity contribution < 1.29 is 9.90 Å². The van der Waals surface area contributed by atoms with Crippen LogP contribution in [0.15, 0.2) is 42.7 Å². The van der Waals surface area contributed by atoms with Gasteiger partial charge in [-0.1, -0.05) is 11.6 Å². The highest BCUT2D eigenvalue weighted by Gasteiger charge is 2.22. The predicted molar refractivity (Wildman–Crippen MR) is 116 cm³/mol. The number of nitrogens with one attached hydrogen (secondary N) is 2. The number of nitrogens with zero attached hydrogens (tertiary/aromatic N) is 2. The molecule has 4 rings (SSSR count). The number of H-pyrrole nitrogens is 1. The second-order valence-electron chi connectivity index (χ2n) is 8.15. The second-order valence-corrected chi connectivity index (χ2v) is 8.15. The van der Waals surface area contributed by atoms with E-state index < -0.39 is 5.54 Å². The first-order valence-electron chi connectivity index (χ1n) is 9.84. The van der Waals surface area contributed by atoms with Crippen molar-refractivity contribution in [1.29, 1.82) is 0 Å². The maximum atomic E-state index is 12.8. The van der Waals surface area contributed by atoms with E-state index in [0.29, 0.717) is 11.2 Å². The highest BCUT2D eigenvalue weighted by molar-refractivity contribution is 6.08. The monoisotopic (exact) mass is 390 g/mol. The summed E-state index contributed by atoms with van der Waals surface area (Å²) in [6.07, 6.45) is 3.77. The van der Waals surface area contributed by atoms with E-state index in [0.717, 1.165) is 23.2 Å². The van der Waals surface area contributed by atoms with Crippen molar-refractivity contribution >= 4 is 27.8 Å². The SMILES string of the molecule is CCn1cc(-c2cc3c(C(=O)NC(C)(C)CO)ccnc3[nH]2)c2cc(C)ccc21. The molecule has 0 fully saturated rings. The molecule has 4 aromatic rings. The minimum Gasteiger partial charge on any atom is -0.394 e. The molecular weight excluding hydrogens is 364 g/mol. The lowest BCUT2D eigenvalue weighted by atomic mass is 10.0. The molecular formula is C23H26N4O2. The molecule has 0 spiro atoms. The van der Waals surface area contributed by atoms with Crippen LogP contribution in [0.3, 0.4) is 0 Å². The summed E-state index contributed by atoms with van der Waals surface area (Å²) in [6, 6.07) is 10.2. The van der Waals surface area contributed by atoms with E-state index in [4.69, 9.17) is 0 Å². The van der Waals surface area contributed by atoms with Gasteiger partial charge >= 0.3 is 0 Å². The molecule has 0 bridgehead atoms. The van der Waals surface area contributed by atoms with E-state index in [1.54, 1.807) is 26.1 Å². The number of aryl methyl sites for hydroxylation is 2. The highest BCUT2D eigenvalue weighted by atomic mass is 16.3. The van der Waals surface area contributed by atoms with Crippen LogP contribution in [-0.2, 0) is 6.54 Å². The fourth-order valence-corrected chi connectivity index (χ4v) is 3.67. The molecule has 0 aliphatic heterocycles. The Hall–Kier alpha value is -3.12. The van der Waals surface area contributed by atoms with E-state index in [9.17, 15) is 9.90 Å². The Labute approximate surface area is 169 Å². The molecule has 0 saturated carbocycles. The fourth-order valence-electron chi connectivity index (χ4n) is 3.67. The fraction of sp³-hybridized carbons (Fsp3) is 0.304. The third kappa shape index (κ3) is 3.40. The normalized spacial score (nSPS) is 12.0. The van der Waals surface area contributed by atoms with E-state index in [-0.39, 0.29) is 12.5 Å². The summed E-state index contributed by atoms with van der Waals surface area (Å²) in [5.41, 5.74) is 4.91. The van der Waals surface area contributed by atoms with Crippen LogP contribution in [-0.4, -0.2) is 37.7 Å². The van der Waals surface area contributed by atoms with E-state index >= 15 is 0 Å². The van der Waals surface area contributed by atoms with Crippen LogP contribution >= 0.6 is 0 Å². The Morgan fingerprint density at radius 2 is 2.03 bits per heavy atom. The number of benzene rings is 1. The lowest BCUT2D eigenvalue weighted by Crippen LogP contribution is -2.46. The van der Waals surface area contributed by atoms with Gasteiger partial charge < -0.3 is 20.0 Å². The quantitative estimate of drug-likeness (QED) is 0.481. The van der Waals surface area contributed by atoms with E-state index in [2.05, 4.69) is 58.1 Å². The minimum absolute atomic E-state index is 0.138. The molecule has 3 N–H and O–H groups in total. The number of fused-ring (bicyclic) bond motifs is 2. The average molecular weight is 390 g/mol. The summed E-state index contributed by atoms with van der Waals surface area (Å²) in [7, 11) is 0. The Morgan fingerprint density at radius 3 is 2.76 bits per heavy atom. The number of aliphatic hydroxyl groups is 1. The van der Waals surface area contributed by atoms with Crippen molar-refractivity contribution in [2.45, 2.75) is 39.8 Å². The van der Waals surface area contributed by atoms with Crippen LogP contribution < -0.4 is 5.32 Å². The first-order valence-corrected chi connectivity index (χ1v) is 9.84. The molecule has 0 atom stereocenters. The van der Waals surface area contributed by atoms with E-state index in [1.165, 1.54) is 16.5 Å². The van der Waals surface area contributed by atoms with Gasteiger partial charge in [0.1, 0.15) is 5.65 Å². The highest BCUT2D eigenvalue weighted by Crippen LogP contribution is 2.33. The molecule has 3 heterocycles. The molecule has 29 heavy (non-hydrogen) atoms. The summed E-state index contributed by atoms with van der Waals surface area (Å²) in [4.78, 5) is 20.6. The first kappa shape index (κ1) is 19.2. The summed E-state index contributed by atoms with van der Waals surface area (Å²) >= 11 is 0. The summed E-state index contributed by atoms with van der Waals surface area (Å²) in [5, 5.41) is 14.3. The zero-order valence-electron chi connectivity index (χ0n) is 17.2. The van der Waals surface area contributed by atoms with Crippen molar-refractivity contribution in [3.63, 3.8) is 0 Å². The van der Waals surface area contributed by atoms with Crippen LogP contribution in [0.4, 0.5) is 0 Å². The molecule has 1 aromatic carbocycles. The number of aromatic nitrogens is 3. The Kier molecular flexibility index (Phi) is 4.67. The molecule has 1 amide bonds. The predicted octanol–water partition coefficient (Wildman–Crippen LogP) is 4.01. The van der Waals surface area contributed by atoms with Crippen LogP contribution in [0.25, 0.3) is 33.2 Å². The number of carbonyl (C=O) groups is 1. The van der Waals surface area contributed by atoms with Crippen molar-refractivity contribution in [2.75, 3.05) is 6.61 Å². The minimum atomic E-state index is -0.697. The standard InChI is InChI=1S/C23H26N4O2/c1-5-27-12-18(16-10-14(2)6-7-20(16)27)19-11-17-15(8-9-24-21(17)25-19)22(29)26-23(3,4)13-28/h6-12,28H,5,13H2,1-4H3,(H,24,25)(H,26,29). The topological polar surface area (TPSA) is 82.9 Å². The lowest BCUT2D eigenvalue weighted by molar-refractivity contribution is 0.0871. The maximum absolute atomic E-state index is 12.8.